The second-order valence-electron chi connectivity index (χ2n) is 7.13. The van der Waals surface area contributed by atoms with E-state index in [2.05, 4.69) is 37.7 Å². The van der Waals surface area contributed by atoms with Gasteiger partial charge in [-0.15, -0.1) is 0 Å². The number of likely N-dealkylation sites (tertiary alicyclic amines) is 1. The van der Waals surface area contributed by atoms with E-state index in [1.807, 2.05) is 0 Å². The summed E-state index contributed by atoms with van der Waals surface area (Å²) in [4.78, 5) is 17.3. The Morgan fingerprint density at radius 1 is 1.25 bits per heavy atom. The number of nitrogens with zero attached hydrogens (tertiary/aromatic N) is 2. The Morgan fingerprint density at radius 2 is 1.95 bits per heavy atom. The van der Waals surface area contributed by atoms with Crippen LogP contribution in [0.1, 0.15) is 52.4 Å². The smallest absolute Gasteiger partial charge is 0.226 e. The molecule has 0 bridgehead atoms. The first kappa shape index (κ1) is 15.8. The molecule has 2 rings (SSSR count). The van der Waals surface area contributed by atoms with Crippen molar-refractivity contribution in [3.8, 4) is 0 Å². The summed E-state index contributed by atoms with van der Waals surface area (Å²) in [5.41, 5.74) is 0. The molecule has 4 atom stereocenters. The first-order valence-electron chi connectivity index (χ1n) is 8.49. The van der Waals surface area contributed by atoms with Gasteiger partial charge in [0.2, 0.25) is 5.91 Å². The van der Waals surface area contributed by atoms with E-state index >= 15 is 0 Å². The van der Waals surface area contributed by atoms with Crippen LogP contribution in [-0.4, -0.2) is 48.9 Å². The van der Waals surface area contributed by atoms with Crippen LogP contribution in [0.25, 0.3) is 0 Å². The lowest BCUT2D eigenvalue weighted by molar-refractivity contribution is -0.138. The minimum absolute atomic E-state index is 0.305. The Kier molecular flexibility index (Phi) is 5.48. The van der Waals surface area contributed by atoms with E-state index in [1.165, 1.54) is 25.7 Å². The highest BCUT2D eigenvalue weighted by atomic mass is 16.2. The van der Waals surface area contributed by atoms with Gasteiger partial charge in [-0.25, -0.2) is 0 Å². The maximum absolute atomic E-state index is 12.9. The Labute approximate surface area is 124 Å². The SMILES string of the molecule is CCC(C)C1CCCCC1C(=O)N1CCC(N(C)C)C1. The van der Waals surface area contributed by atoms with E-state index < -0.39 is 0 Å². The van der Waals surface area contributed by atoms with Crippen molar-refractivity contribution in [2.75, 3.05) is 27.2 Å². The second kappa shape index (κ2) is 6.93. The van der Waals surface area contributed by atoms with E-state index in [9.17, 15) is 4.79 Å². The van der Waals surface area contributed by atoms with E-state index in [0.29, 0.717) is 29.7 Å². The van der Waals surface area contributed by atoms with E-state index in [4.69, 9.17) is 0 Å². The van der Waals surface area contributed by atoms with Gasteiger partial charge >= 0.3 is 0 Å². The lowest BCUT2D eigenvalue weighted by atomic mass is 9.71. The molecule has 0 spiro atoms. The van der Waals surface area contributed by atoms with Crippen molar-refractivity contribution in [2.24, 2.45) is 17.8 Å². The van der Waals surface area contributed by atoms with Gasteiger partial charge in [0, 0.05) is 25.0 Å². The predicted molar refractivity (Wildman–Crippen MR) is 83.6 cm³/mol. The van der Waals surface area contributed by atoms with Gasteiger partial charge < -0.3 is 9.80 Å². The molecule has 4 unspecified atom stereocenters. The molecule has 3 nitrogen and oxygen atoms in total. The molecule has 0 aromatic heterocycles. The molecule has 1 saturated carbocycles. The van der Waals surface area contributed by atoms with Crippen molar-refractivity contribution in [3.63, 3.8) is 0 Å². The maximum atomic E-state index is 12.9. The van der Waals surface area contributed by atoms with Gasteiger partial charge in [-0.1, -0.05) is 33.1 Å². The molecule has 0 aromatic rings. The summed E-state index contributed by atoms with van der Waals surface area (Å²) in [5, 5.41) is 0. The zero-order valence-corrected chi connectivity index (χ0v) is 13.8. The van der Waals surface area contributed by atoms with Gasteiger partial charge in [0.15, 0.2) is 0 Å². The number of rotatable bonds is 4. The molecular weight excluding hydrogens is 248 g/mol. The third-order valence-electron chi connectivity index (χ3n) is 5.72. The highest BCUT2D eigenvalue weighted by molar-refractivity contribution is 5.79. The van der Waals surface area contributed by atoms with Crippen LogP contribution in [0.4, 0.5) is 0 Å². The highest BCUT2D eigenvalue weighted by Crippen LogP contribution is 2.38. The molecule has 0 aromatic carbocycles. The third-order valence-corrected chi connectivity index (χ3v) is 5.72. The first-order chi connectivity index (χ1) is 9.54. The number of carbonyl (C=O) groups excluding carboxylic acids is 1. The summed E-state index contributed by atoms with van der Waals surface area (Å²) in [6, 6.07) is 0.560. The van der Waals surface area contributed by atoms with Crippen molar-refractivity contribution in [3.05, 3.63) is 0 Å². The number of carbonyl (C=O) groups is 1. The predicted octanol–water partition coefficient (Wildman–Crippen LogP) is 3.00. The Bertz CT molecular complexity index is 329. The first-order valence-corrected chi connectivity index (χ1v) is 8.49. The fourth-order valence-electron chi connectivity index (χ4n) is 4.05. The molecular formula is C17H32N2O. The van der Waals surface area contributed by atoms with E-state index in [0.717, 1.165) is 25.9 Å². The summed E-state index contributed by atoms with van der Waals surface area (Å²) in [6.07, 6.45) is 7.29. The van der Waals surface area contributed by atoms with Gasteiger partial charge in [-0.05, 0) is 45.2 Å². The Balaban J connectivity index is 1.99. The van der Waals surface area contributed by atoms with Crippen LogP contribution in [0.15, 0.2) is 0 Å². The van der Waals surface area contributed by atoms with Crippen LogP contribution in [0.2, 0.25) is 0 Å². The largest absolute Gasteiger partial charge is 0.341 e. The van der Waals surface area contributed by atoms with Gasteiger partial charge in [0.1, 0.15) is 0 Å². The molecule has 20 heavy (non-hydrogen) atoms. The zero-order valence-electron chi connectivity index (χ0n) is 13.8. The van der Waals surface area contributed by atoms with Gasteiger partial charge in [0.05, 0.1) is 0 Å². The van der Waals surface area contributed by atoms with Crippen LogP contribution in [-0.2, 0) is 4.79 Å². The molecule has 1 amide bonds. The molecule has 3 heteroatoms. The molecule has 116 valence electrons. The fourth-order valence-corrected chi connectivity index (χ4v) is 4.05. The quantitative estimate of drug-likeness (QED) is 0.790. The summed E-state index contributed by atoms with van der Waals surface area (Å²) >= 11 is 0. The number of likely N-dealkylation sites (N-methyl/N-ethyl adjacent to an activating group) is 1. The molecule has 1 saturated heterocycles. The minimum Gasteiger partial charge on any atom is -0.341 e. The number of hydrogen-bond donors (Lipinski definition) is 0. The minimum atomic E-state index is 0.305. The van der Waals surface area contributed by atoms with Crippen molar-refractivity contribution in [1.29, 1.82) is 0 Å². The lowest BCUT2D eigenvalue weighted by Gasteiger charge is -2.36. The monoisotopic (exact) mass is 280 g/mol. The molecule has 0 radical (unpaired) electrons. The Hall–Kier alpha value is -0.570. The van der Waals surface area contributed by atoms with Crippen LogP contribution in [0.5, 0.6) is 0 Å². The van der Waals surface area contributed by atoms with Gasteiger partial charge in [0.25, 0.3) is 0 Å². The zero-order chi connectivity index (χ0) is 14.7. The normalized spacial score (nSPS) is 32.6. The molecule has 1 aliphatic heterocycles. The van der Waals surface area contributed by atoms with Crippen molar-refractivity contribution in [2.45, 2.75) is 58.4 Å². The summed E-state index contributed by atoms with van der Waals surface area (Å²) in [6.45, 7) is 6.50. The van der Waals surface area contributed by atoms with Crippen LogP contribution >= 0.6 is 0 Å². The summed E-state index contributed by atoms with van der Waals surface area (Å²) < 4.78 is 0. The van der Waals surface area contributed by atoms with E-state index in [1.54, 1.807) is 0 Å². The van der Waals surface area contributed by atoms with E-state index in [-0.39, 0.29) is 0 Å². The average Bonchev–Trinajstić information content (AvgIpc) is 2.95. The number of amides is 1. The fraction of sp³-hybridized carbons (Fsp3) is 0.941. The Morgan fingerprint density at radius 3 is 2.55 bits per heavy atom. The highest BCUT2D eigenvalue weighted by Gasteiger charge is 2.38. The summed E-state index contributed by atoms with van der Waals surface area (Å²) in [5.74, 6) is 2.08. The second-order valence-corrected chi connectivity index (χ2v) is 7.13. The standard InChI is InChI=1S/C17H32N2O/c1-5-13(2)15-8-6-7-9-16(15)17(20)19-11-10-14(12-19)18(3)4/h13-16H,5-12H2,1-4H3. The number of hydrogen-bond acceptors (Lipinski definition) is 2. The van der Waals surface area contributed by atoms with Crippen LogP contribution < -0.4 is 0 Å². The van der Waals surface area contributed by atoms with Crippen LogP contribution in [0, 0.1) is 17.8 Å². The van der Waals surface area contributed by atoms with Gasteiger partial charge in [-0.2, -0.15) is 0 Å². The van der Waals surface area contributed by atoms with Crippen molar-refractivity contribution < 1.29 is 4.79 Å². The molecule has 1 heterocycles. The van der Waals surface area contributed by atoms with Crippen LogP contribution in [0.3, 0.4) is 0 Å². The summed E-state index contributed by atoms with van der Waals surface area (Å²) in [7, 11) is 4.25. The average molecular weight is 280 g/mol. The molecule has 1 aliphatic carbocycles. The van der Waals surface area contributed by atoms with Gasteiger partial charge in [-0.3, -0.25) is 4.79 Å². The lowest BCUT2D eigenvalue weighted by Crippen LogP contribution is -2.42. The van der Waals surface area contributed by atoms with Crippen molar-refractivity contribution >= 4 is 5.91 Å². The molecule has 2 fully saturated rings. The third kappa shape index (κ3) is 3.36. The maximum Gasteiger partial charge on any atom is 0.226 e. The molecule has 0 N–H and O–H groups in total. The molecule has 2 aliphatic rings. The topological polar surface area (TPSA) is 23.6 Å². The van der Waals surface area contributed by atoms with Crippen molar-refractivity contribution in [1.82, 2.24) is 9.80 Å².